The maximum absolute atomic E-state index is 12.3. The van der Waals surface area contributed by atoms with E-state index in [1.165, 1.54) is 0 Å². The lowest BCUT2D eigenvalue weighted by Crippen LogP contribution is -2.45. The molecular weight excluding hydrogens is 358 g/mol. The van der Waals surface area contributed by atoms with Gasteiger partial charge >= 0.3 is 0 Å². The second-order valence-corrected chi connectivity index (χ2v) is 13.2. The van der Waals surface area contributed by atoms with Crippen molar-refractivity contribution in [2.45, 2.75) is 57.8 Å². The summed E-state index contributed by atoms with van der Waals surface area (Å²) in [6.07, 6.45) is 1.49. The van der Waals surface area contributed by atoms with Crippen molar-refractivity contribution in [3.8, 4) is 0 Å². The van der Waals surface area contributed by atoms with Gasteiger partial charge in [-0.1, -0.05) is 36.7 Å². The Labute approximate surface area is 143 Å². The van der Waals surface area contributed by atoms with E-state index in [4.69, 9.17) is 4.43 Å². The Morgan fingerprint density at radius 2 is 1.86 bits per heavy atom. The number of carbonyl (C=O) groups is 1. The quantitative estimate of drug-likeness (QED) is 0.687. The number of hydrogen-bond donors (Lipinski definition) is 0. The third-order valence-electron chi connectivity index (χ3n) is 4.87. The Kier molecular flexibility index (Phi) is 5.19. The minimum atomic E-state index is -1.78. The van der Waals surface area contributed by atoms with Crippen LogP contribution in [0, 0.1) is 0 Å². The molecule has 0 bridgehead atoms. The van der Waals surface area contributed by atoms with Crippen molar-refractivity contribution >= 4 is 35.8 Å². The molecule has 1 amide bonds. The van der Waals surface area contributed by atoms with Crippen molar-refractivity contribution in [3.05, 3.63) is 28.7 Å². The molecule has 1 fully saturated rings. The molecule has 1 saturated heterocycles. The molecule has 22 heavy (non-hydrogen) atoms. The average Bonchev–Trinajstić information content (AvgIpc) is 2.77. The molecule has 1 aliphatic rings. The van der Waals surface area contributed by atoms with Gasteiger partial charge in [-0.05, 0) is 48.8 Å². The molecule has 1 heterocycles. The van der Waals surface area contributed by atoms with Gasteiger partial charge in [-0.3, -0.25) is 4.79 Å². The average molecular weight is 384 g/mol. The Morgan fingerprint density at radius 1 is 1.27 bits per heavy atom. The molecule has 1 aromatic rings. The fourth-order valence-electron chi connectivity index (χ4n) is 2.38. The first-order valence-corrected chi connectivity index (χ1v) is 11.5. The Balaban J connectivity index is 2.10. The summed E-state index contributed by atoms with van der Waals surface area (Å²) >= 11 is 3.44. The summed E-state index contributed by atoms with van der Waals surface area (Å²) in [7, 11) is -1.78. The van der Waals surface area contributed by atoms with Gasteiger partial charge < -0.3 is 9.33 Å². The van der Waals surface area contributed by atoms with Gasteiger partial charge in [0, 0.05) is 16.6 Å². The second-order valence-electron chi connectivity index (χ2n) is 7.50. The molecule has 0 unspecified atom stereocenters. The summed E-state index contributed by atoms with van der Waals surface area (Å²) < 4.78 is 7.36. The van der Waals surface area contributed by atoms with Crippen LogP contribution >= 0.6 is 15.9 Å². The third kappa shape index (κ3) is 3.81. The smallest absolute Gasteiger partial charge is 0.227 e. The minimum absolute atomic E-state index is 0.155. The van der Waals surface area contributed by atoms with Gasteiger partial charge in [0.1, 0.15) is 0 Å². The number of hydrogen-bond acceptors (Lipinski definition) is 2. The van der Waals surface area contributed by atoms with Gasteiger partial charge in [-0.25, -0.2) is 0 Å². The van der Waals surface area contributed by atoms with E-state index in [0.717, 1.165) is 16.6 Å². The van der Waals surface area contributed by atoms with Crippen molar-refractivity contribution in [2.75, 3.05) is 11.5 Å². The normalized spacial score (nSPS) is 19.8. The van der Waals surface area contributed by atoms with Gasteiger partial charge in [-0.2, -0.15) is 0 Å². The molecule has 1 aliphatic heterocycles. The van der Waals surface area contributed by atoms with Crippen molar-refractivity contribution in [1.82, 2.24) is 0 Å². The van der Waals surface area contributed by atoms with Gasteiger partial charge in [-0.15, -0.1) is 0 Å². The van der Waals surface area contributed by atoms with E-state index in [1.54, 1.807) is 0 Å². The number of carbonyl (C=O) groups excluding carboxylic acids is 1. The first-order valence-electron chi connectivity index (χ1n) is 7.83. The van der Waals surface area contributed by atoms with Gasteiger partial charge in [0.05, 0.1) is 12.6 Å². The lowest BCUT2D eigenvalue weighted by Gasteiger charge is -2.38. The van der Waals surface area contributed by atoms with Gasteiger partial charge in [0.25, 0.3) is 0 Å². The first-order chi connectivity index (χ1) is 10.1. The number of amides is 1. The summed E-state index contributed by atoms with van der Waals surface area (Å²) in [5.74, 6) is 0.200. The number of halogens is 1. The van der Waals surface area contributed by atoms with Crippen LogP contribution in [-0.4, -0.2) is 26.9 Å². The SMILES string of the molecule is CC(C)(C)[Si](C)(C)OC[C@H]1CCC(=O)N1c1ccc(Br)cc1. The van der Waals surface area contributed by atoms with Crippen LogP contribution in [0.2, 0.25) is 18.1 Å². The summed E-state index contributed by atoms with van der Waals surface area (Å²) in [6, 6.07) is 8.10. The molecule has 3 nitrogen and oxygen atoms in total. The minimum Gasteiger partial charge on any atom is -0.415 e. The molecule has 0 saturated carbocycles. The molecule has 1 atom stereocenters. The molecule has 0 radical (unpaired) electrons. The van der Waals surface area contributed by atoms with E-state index < -0.39 is 8.32 Å². The molecule has 122 valence electrons. The van der Waals surface area contributed by atoms with Crippen molar-refractivity contribution in [1.29, 1.82) is 0 Å². The predicted octanol–water partition coefficient (Wildman–Crippen LogP) is 4.97. The predicted molar refractivity (Wildman–Crippen MR) is 97.8 cm³/mol. The maximum Gasteiger partial charge on any atom is 0.227 e. The van der Waals surface area contributed by atoms with E-state index in [9.17, 15) is 4.79 Å². The van der Waals surface area contributed by atoms with Crippen molar-refractivity contribution in [2.24, 2.45) is 0 Å². The fraction of sp³-hybridized carbons (Fsp3) is 0.588. The summed E-state index contributed by atoms with van der Waals surface area (Å²) in [5.41, 5.74) is 0.967. The van der Waals surface area contributed by atoms with E-state index in [-0.39, 0.29) is 17.0 Å². The van der Waals surface area contributed by atoms with Crippen LogP contribution in [0.25, 0.3) is 0 Å². The second kappa shape index (κ2) is 6.46. The Bertz CT molecular complexity index is 537. The lowest BCUT2D eigenvalue weighted by atomic mass is 10.2. The summed E-state index contributed by atoms with van der Waals surface area (Å²) in [6.45, 7) is 11.9. The van der Waals surface area contributed by atoms with Gasteiger partial charge in [0.2, 0.25) is 5.91 Å². The Hall–Kier alpha value is -0.653. The van der Waals surface area contributed by atoms with Crippen LogP contribution in [0.1, 0.15) is 33.6 Å². The maximum atomic E-state index is 12.3. The molecule has 0 N–H and O–H groups in total. The molecule has 0 aliphatic carbocycles. The fourth-order valence-corrected chi connectivity index (χ4v) is 3.69. The van der Waals surface area contributed by atoms with E-state index in [1.807, 2.05) is 29.2 Å². The van der Waals surface area contributed by atoms with Crippen LogP contribution in [-0.2, 0) is 9.22 Å². The highest BCUT2D eigenvalue weighted by Gasteiger charge is 2.39. The van der Waals surface area contributed by atoms with E-state index in [2.05, 4.69) is 49.8 Å². The molecule has 0 spiro atoms. The highest BCUT2D eigenvalue weighted by atomic mass is 79.9. The zero-order valence-corrected chi connectivity index (χ0v) is 16.7. The van der Waals surface area contributed by atoms with Crippen LogP contribution in [0.4, 0.5) is 5.69 Å². The standard InChI is InChI=1S/C17H26BrNO2Si/c1-17(2,3)22(4,5)21-12-15-10-11-16(20)19(15)14-8-6-13(18)7-9-14/h6-9,15H,10-12H2,1-5H3/t15-/m1/s1. The summed E-state index contributed by atoms with van der Waals surface area (Å²) in [5, 5.41) is 0.193. The zero-order chi connectivity index (χ0) is 16.5. The monoisotopic (exact) mass is 383 g/mol. The number of anilines is 1. The van der Waals surface area contributed by atoms with Crippen molar-refractivity contribution in [3.63, 3.8) is 0 Å². The largest absolute Gasteiger partial charge is 0.415 e. The highest BCUT2D eigenvalue weighted by Crippen LogP contribution is 2.37. The van der Waals surface area contributed by atoms with Crippen LogP contribution in [0.5, 0.6) is 0 Å². The van der Waals surface area contributed by atoms with Crippen LogP contribution in [0.15, 0.2) is 28.7 Å². The molecule has 0 aromatic heterocycles. The zero-order valence-electron chi connectivity index (χ0n) is 14.1. The first kappa shape index (κ1) is 17.7. The van der Waals surface area contributed by atoms with Crippen LogP contribution in [0.3, 0.4) is 0 Å². The van der Waals surface area contributed by atoms with E-state index in [0.29, 0.717) is 13.0 Å². The highest BCUT2D eigenvalue weighted by molar-refractivity contribution is 9.10. The lowest BCUT2D eigenvalue weighted by molar-refractivity contribution is -0.117. The third-order valence-corrected chi connectivity index (χ3v) is 9.90. The molecular formula is C17H26BrNO2Si. The van der Waals surface area contributed by atoms with E-state index >= 15 is 0 Å². The molecule has 1 aromatic carbocycles. The molecule has 5 heteroatoms. The number of nitrogens with zero attached hydrogens (tertiary/aromatic N) is 1. The number of rotatable bonds is 4. The van der Waals surface area contributed by atoms with Gasteiger partial charge in [0.15, 0.2) is 8.32 Å². The topological polar surface area (TPSA) is 29.5 Å². The number of benzene rings is 1. The van der Waals surface area contributed by atoms with Crippen molar-refractivity contribution < 1.29 is 9.22 Å². The summed E-state index contributed by atoms with van der Waals surface area (Å²) in [4.78, 5) is 14.2. The Morgan fingerprint density at radius 3 is 2.41 bits per heavy atom. The van der Waals surface area contributed by atoms with Crippen LogP contribution < -0.4 is 4.90 Å². The molecule has 2 rings (SSSR count).